The fraction of sp³-hybridized carbons (Fsp3) is 0.929. The van der Waals surface area contributed by atoms with Crippen molar-refractivity contribution < 1.29 is 9.53 Å². The number of halogens is 2. The molecule has 0 bridgehead atoms. The van der Waals surface area contributed by atoms with Gasteiger partial charge in [0.15, 0.2) is 0 Å². The summed E-state index contributed by atoms with van der Waals surface area (Å²) < 4.78 is 5.51. The zero-order chi connectivity index (χ0) is 13.7. The molecule has 5 nitrogen and oxygen atoms in total. The maximum atomic E-state index is 11.7. The van der Waals surface area contributed by atoms with Crippen molar-refractivity contribution in [1.82, 2.24) is 10.2 Å². The van der Waals surface area contributed by atoms with Gasteiger partial charge in [0.25, 0.3) is 0 Å². The molecule has 0 aromatic rings. The minimum atomic E-state index is -0.432. The quantitative estimate of drug-likeness (QED) is 0.809. The van der Waals surface area contributed by atoms with Crippen LogP contribution in [-0.4, -0.2) is 55.2 Å². The molecule has 0 radical (unpaired) electrons. The number of hydrogen-bond acceptors (Lipinski definition) is 4. The predicted octanol–water partition coefficient (Wildman–Crippen LogP) is 1.33. The molecule has 2 aliphatic heterocycles. The van der Waals surface area contributed by atoms with Crippen LogP contribution in [0, 0.1) is 0 Å². The van der Waals surface area contributed by atoms with Crippen LogP contribution >= 0.6 is 24.8 Å². The summed E-state index contributed by atoms with van der Waals surface area (Å²) >= 11 is 0. The van der Waals surface area contributed by atoms with E-state index in [0.29, 0.717) is 6.54 Å². The first-order valence-corrected chi connectivity index (χ1v) is 7.50. The summed E-state index contributed by atoms with van der Waals surface area (Å²) in [5.41, 5.74) is 5.71. The lowest BCUT2D eigenvalue weighted by molar-refractivity contribution is -0.123. The molecule has 3 N–H and O–H groups in total. The predicted molar refractivity (Wildman–Crippen MR) is 89.4 cm³/mol. The van der Waals surface area contributed by atoms with Gasteiger partial charge in [-0.3, -0.25) is 9.69 Å². The smallest absolute Gasteiger partial charge is 0.236 e. The molecule has 1 amide bonds. The van der Waals surface area contributed by atoms with Crippen molar-refractivity contribution in [3.05, 3.63) is 0 Å². The molecule has 126 valence electrons. The first kappa shape index (κ1) is 20.9. The lowest BCUT2D eigenvalue weighted by Gasteiger charge is -2.48. The van der Waals surface area contributed by atoms with Crippen LogP contribution in [0.15, 0.2) is 0 Å². The van der Waals surface area contributed by atoms with E-state index in [1.165, 1.54) is 19.3 Å². The van der Waals surface area contributed by atoms with Gasteiger partial charge in [0.2, 0.25) is 5.91 Å². The minimum Gasteiger partial charge on any atom is -0.381 e. The summed E-state index contributed by atoms with van der Waals surface area (Å²) in [5.74, 6) is -0.0529. The van der Waals surface area contributed by atoms with Crippen LogP contribution < -0.4 is 11.1 Å². The molecule has 2 rings (SSSR count). The van der Waals surface area contributed by atoms with E-state index < -0.39 is 6.04 Å². The number of amides is 1. The van der Waals surface area contributed by atoms with Crippen molar-refractivity contribution in [2.45, 2.75) is 50.6 Å². The van der Waals surface area contributed by atoms with Crippen molar-refractivity contribution in [1.29, 1.82) is 0 Å². The molecular weight excluding hydrogens is 313 g/mol. The van der Waals surface area contributed by atoms with Crippen LogP contribution in [0.2, 0.25) is 0 Å². The van der Waals surface area contributed by atoms with E-state index in [9.17, 15) is 4.79 Å². The van der Waals surface area contributed by atoms with Crippen molar-refractivity contribution >= 4 is 30.7 Å². The fourth-order valence-electron chi connectivity index (χ4n) is 3.14. The lowest BCUT2D eigenvalue weighted by Crippen LogP contribution is -2.60. The van der Waals surface area contributed by atoms with Gasteiger partial charge in [0.1, 0.15) is 0 Å². The number of hydrogen-bond donors (Lipinski definition) is 2. The molecule has 21 heavy (non-hydrogen) atoms. The molecule has 2 aliphatic rings. The van der Waals surface area contributed by atoms with Gasteiger partial charge < -0.3 is 15.8 Å². The van der Waals surface area contributed by atoms with Crippen molar-refractivity contribution in [2.75, 3.05) is 32.8 Å². The average molecular weight is 342 g/mol. The number of ether oxygens (including phenoxy) is 1. The third kappa shape index (κ3) is 5.57. The van der Waals surface area contributed by atoms with Gasteiger partial charge in [-0.2, -0.15) is 0 Å². The Morgan fingerprint density at radius 2 is 1.81 bits per heavy atom. The van der Waals surface area contributed by atoms with Crippen LogP contribution in [0.5, 0.6) is 0 Å². The van der Waals surface area contributed by atoms with Crippen LogP contribution in [0.3, 0.4) is 0 Å². The number of nitrogens with two attached hydrogens (primary N) is 1. The summed E-state index contributed by atoms with van der Waals surface area (Å²) in [7, 11) is 0. The Labute approximate surface area is 140 Å². The molecule has 2 heterocycles. The number of piperidine rings is 1. The van der Waals surface area contributed by atoms with E-state index in [1.807, 2.05) is 0 Å². The van der Waals surface area contributed by atoms with Crippen LogP contribution in [0.4, 0.5) is 0 Å². The van der Waals surface area contributed by atoms with Gasteiger partial charge in [-0.1, -0.05) is 6.42 Å². The largest absolute Gasteiger partial charge is 0.381 e. The second-order valence-electron chi connectivity index (χ2n) is 5.89. The Morgan fingerprint density at radius 3 is 2.33 bits per heavy atom. The molecule has 7 heteroatoms. The van der Waals surface area contributed by atoms with Gasteiger partial charge in [-0.05, 0) is 45.7 Å². The topological polar surface area (TPSA) is 67.6 Å². The van der Waals surface area contributed by atoms with Gasteiger partial charge >= 0.3 is 0 Å². The van der Waals surface area contributed by atoms with Crippen molar-refractivity contribution in [3.63, 3.8) is 0 Å². The van der Waals surface area contributed by atoms with Gasteiger partial charge in [-0.15, -0.1) is 24.8 Å². The van der Waals surface area contributed by atoms with Crippen LogP contribution in [0.25, 0.3) is 0 Å². The van der Waals surface area contributed by atoms with Crippen molar-refractivity contribution in [3.8, 4) is 0 Å². The minimum absolute atomic E-state index is 0. The molecule has 1 atom stereocenters. The Hall–Kier alpha value is -0.0700. The third-order valence-corrected chi connectivity index (χ3v) is 4.46. The molecule has 0 saturated carbocycles. The number of nitrogens with one attached hydrogen (secondary N) is 1. The normalized spacial score (nSPS) is 23.3. The summed E-state index contributed by atoms with van der Waals surface area (Å²) in [4.78, 5) is 14.3. The Bertz CT molecular complexity index is 305. The Balaban J connectivity index is 0.00000200. The number of likely N-dealkylation sites (tertiary alicyclic amines) is 1. The SMILES string of the molecule is C[C@@H](N)C(=O)NCC1(N2CCCCC2)CCOCC1.Cl.Cl. The second kappa shape index (κ2) is 9.85. The van der Waals surface area contributed by atoms with E-state index in [4.69, 9.17) is 10.5 Å². The number of nitrogens with zero attached hydrogens (tertiary/aromatic N) is 1. The van der Waals surface area contributed by atoms with E-state index in [-0.39, 0.29) is 36.3 Å². The summed E-state index contributed by atoms with van der Waals surface area (Å²) in [5, 5.41) is 3.03. The first-order valence-electron chi connectivity index (χ1n) is 7.50. The van der Waals surface area contributed by atoms with Crippen LogP contribution in [0.1, 0.15) is 39.0 Å². The van der Waals surface area contributed by atoms with Crippen molar-refractivity contribution in [2.24, 2.45) is 5.73 Å². The summed E-state index contributed by atoms with van der Waals surface area (Å²) in [6, 6.07) is -0.432. The molecule has 0 aromatic heterocycles. The van der Waals surface area contributed by atoms with E-state index in [2.05, 4.69) is 10.2 Å². The zero-order valence-electron chi connectivity index (χ0n) is 12.8. The lowest BCUT2D eigenvalue weighted by atomic mass is 9.86. The van der Waals surface area contributed by atoms with Gasteiger partial charge in [0.05, 0.1) is 6.04 Å². The molecule has 2 saturated heterocycles. The zero-order valence-corrected chi connectivity index (χ0v) is 14.4. The number of rotatable bonds is 4. The number of carbonyl (C=O) groups is 1. The average Bonchev–Trinajstić information content (AvgIpc) is 2.46. The maximum absolute atomic E-state index is 11.7. The standard InChI is InChI=1S/C14H27N3O2.2ClH/c1-12(15)13(18)16-11-14(5-9-19-10-6-14)17-7-3-2-4-8-17;;/h12H,2-11,15H2,1H3,(H,16,18);2*1H/t12-;;/m1../s1. The third-order valence-electron chi connectivity index (χ3n) is 4.46. The Kier molecular flexibility index (Phi) is 9.81. The maximum Gasteiger partial charge on any atom is 0.236 e. The Morgan fingerprint density at radius 1 is 1.24 bits per heavy atom. The van der Waals surface area contributed by atoms with E-state index >= 15 is 0 Å². The highest BCUT2D eigenvalue weighted by molar-refractivity contribution is 5.85. The van der Waals surface area contributed by atoms with E-state index in [1.54, 1.807) is 6.92 Å². The number of carbonyl (C=O) groups excluding carboxylic acids is 1. The van der Waals surface area contributed by atoms with Crippen LogP contribution in [-0.2, 0) is 9.53 Å². The van der Waals surface area contributed by atoms with Gasteiger partial charge in [-0.25, -0.2) is 0 Å². The highest BCUT2D eigenvalue weighted by atomic mass is 35.5. The monoisotopic (exact) mass is 341 g/mol. The highest BCUT2D eigenvalue weighted by Crippen LogP contribution is 2.30. The summed E-state index contributed by atoms with van der Waals surface area (Å²) in [6.07, 6.45) is 5.88. The molecule has 0 spiro atoms. The summed E-state index contributed by atoms with van der Waals surface area (Å²) in [6.45, 7) is 6.32. The highest BCUT2D eigenvalue weighted by Gasteiger charge is 2.39. The molecule has 0 unspecified atom stereocenters. The first-order chi connectivity index (χ1) is 9.14. The fourth-order valence-corrected chi connectivity index (χ4v) is 3.14. The van der Waals surface area contributed by atoms with E-state index in [0.717, 1.165) is 39.1 Å². The van der Waals surface area contributed by atoms with Gasteiger partial charge in [0, 0.05) is 25.3 Å². The second-order valence-corrected chi connectivity index (χ2v) is 5.89. The molecule has 0 aromatic carbocycles. The molecule has 2 fully saturated rings. The molecule has 0 aliphatic carbocycles. The molecular formula is C14H29Cl2N3O2.